The fourth-order valence-corrected chi connectivity index (χ4v) is 4.05. The van der Waals surface area contributed by atoms with Crippen LogP contribution >= 0.6 is 0 Å². The molecule has 0 aromatic heterocycles. The topological polar surface area (TPSA) is 117 Å². The number of hydrazone groups is 1. The van der Waals surface area contributed by atoms with Gasteiger partial charge in [-0.25, -0.2) is 10.2 Å². The Hall–Kier alpha value is -2.45. The maximum Gasteiger partial charge on any atom is 0.332 e. The van der Waals surface area contributed by atoms with E-state index < -0.39 is 17.2 Å². The number of urea groups is 1. The lowest BCUT2D eigenvalue weighted by molar-refractivity contribution is -0.567. The van der Waals surface area contributed by atoms with Crippen LogP contribution in [0.1, 0.15) is 51.5 Å². The van der Waals surface area contributed by atoms with E-state index in [4.69, 9.17) is 5.73 Å². The molecule has 1 saturated carbocycles. The minimum absolute atomic E-state index is 0.409. The van der Waals surface area contributed by atoms with Crippen molar-refractivity contribution in [3.8, 4) is 0 Å². The van der Waals surface area contributed by atoms with Crippen LogP contribution in [0, 0.1) is 5.21 Å². The number of hydrogen-bond acceptors (Lipinski definition) is 5. The predicted octanol–water partition coefficient (Wildman–Crippen LogP) is 2.15. The van der Waals surface area contributed by atoms with Crippen molar-refractivity contribution < 1.29 is 14.7 Å². The fraction of sp³-hybridized carbons (Fsp3) is 0.500. The second kappa shape index (κ2) is 6.69. The minimum atomic E-state index is -1.35. The maximum atomic E-state index is 13.6. The molecule has 2 aliphatic rings. The van der Waals surface area contributed by atoms with Crippen LogP contribution in [0.5, 0.6) is 0 Å². The van der Waals surface area contributed by atoms with Gasteiger partial charge in [-0.15, -0.1) is 5.06 Å². The van der Waals surface area contributed by atoms with Gasteiger partial charge in [-0.05, 0) is 45.2 Å². The first kappa shape index (κ1) is 18.3. The fourth-order valence-electron chi connectivity index (χ4n) is 4.05. The van der Waals surface area contributed by atoms with Crippen molar-refractivity contribution in [2.75, 3.05) is 0 Å². The zero-order chi connectivity index (χ0) is 18.9. The number of carbonyl (C=O) groups excluding carboxylic acids is 1. The normalized spacial score (nSPS) is 27.7. The van der Waals surface area contributed by atoms with Crippen molar-refractivity contribution in [2.45, 2.75) is 57.2 Å². The molecule has 1 aliphatic carbocycles. The standard InChI is InChI=1S/C18H25N5O3/c1-17(2)15(13-9-5-3-6-10-13)22(25)18(23(17)26)12-8-4-7-11-14(18)20-21-16(19)24/h3,5-6,9-10,26H,4,7-8,11-12H2,1-2H3,(H3,19,21,24)/b20-14-. The molecule has 1 aromatic rings. The van der Waals surface area contributed by atoms with Crippen LogP contribution < -0.4 is 11.2 Å². The Morgan fingerprint density at radius 1 is 1.31 bits per heavy atom. The summed E-state index contributed by atoms with van der Waals surface area (Å²) in [6.45, 7) is 3.61. The van der Waals surface area contributed by atoms with Gasteiger partial charge in [0.25, 0.3) is 5.66 Å². The van der Waals surface area contributed by atoms with Crippen LogP contribution in [-0.2, 0) is 0 Å². The average molecular weight is 359 g/mol. The summed E-state index contributed by atoms with van der Waals surface area (Å²) in [7, 11) is 0. The molecule has 1 fully saturated rings. The number of nitrogens with zero attached hydrogens (tertiary/aromatic N) is 3. The van der Waals surface area contributed by atoms with Gasteiger partial charge in [0.1, 0.15) is 11.3 Å². The largest absolute Gasteiger partial charge is 0.622 e. The SMILES string of the molecule is CC1(C)C(c2ccccc2)=[N+]([O-])C2(CCCCC/C2=N/NC(N)=O)N1O. The number of primary amides is 1. The highest BCUT2D eigenvalue weighted by Crippen LogP contribution is 2.41. The number of amides is 2. The van der Waals surface area contributed by atoms with E-state index in [1.165, 1.54) is 0 Å². The first-order valence-corrected chi connectivity index (χ1v) is 8.83. The second-order valence-corrected chi connectivity index (χ2v) is 7.29. The Morgan fingerprint density at radius 2 is 2.00 bits per heavy atom. The van der Waals surface area contributed by atoms with Crippen LogP contribution in [0.25, 0.3) is 0 Å². The van der Waals surface area contributed by atoms with E-state index in [-0.39, 0.29) is 0 Å². The summed E-state index contributed by atoms with van der Waals surface area (Å²) in [6.07, 6.45) is 3.41. The molecule has 2 amide bonds. The molecule has 1 heterocycles. The monoisotopic (exact) mass is 359 g/mol. The van der Waals surface area contributed by atoms with E-state index in [1.54, 1.807) is 13.8 Å². The van der Waals surface area contributed by atoms with Crippen molar-refractivity contribution in [2.24, 2.45) is 10.8 Å². The summed E-state index contributed by atoms with van der Waals surface area (Å²) >= 11 is 0. The summed E-state index contributed by atoms with van der Waals surface area (Å²) in [5.74, 6) is 0. The van der Waals surface area contributed by atoms with Crippen LogP contribution in [0.4, 0.5) is 4.79 Å². The van der Waals surface area contributed by atoms with E-state index in [0.29, 0.717) is 24.3 Å². The lowest BCUT2D eigenvalue weighted by Gasteiger charge is -2.35. The zero-order valence-corrected chi connectivity index (χ0v) is 15.1. The quantitative estimate of drug-likeness (QED) is 0.426. The van der Waals surface area contributed by atoms with Gasteiger partial charge in [-0.3, -0.25) is 0 Å². The van der Waals surface area contributed by atoms with E-state index in [9.17, 15) is 15.2 Å². The Bertz CT molecular complexity index is 759. The molecule has 8 heteroatoms. The average Bonchev–Trinajstić information content (AvgIpc) is 2.77. The van der Waals surface area contributed by atoms with Crippen LogP contribution in [0.15, 0.2) is 35.4 Å². The number of benzene rings is 1. The van der Waals surface area contributed by atoms with Gasteiger partial charge in [0.15, 0.2) is 0 Å². The van der Waals surface area contributed by atoms with Crippen molar-refractivity contribution in [1.82, 2.24) is 10.5 Å². The van der Waals surface area contributed by atoms with E-state index >= 15 is 0 Å². The lowest BCUT2D eigenvalue weighted by atomic mass is 9.91. The summed E-state index contributed by atoms with van der Waals surface area (Å²) < 4.78 is 0.870. The molecule has 140 valence electrons. The summed E-state index contributed by atoms with van der Waals surface area (Å²) in [6, 6.07) is 8.49. The molecular formula is C18H25N5O3. The Balaban J connectivity index is 2.20. The summed E-state index contributed by atoms with van der Waals surface area (Å²) in [5.41, 5.74) is 6.73. The predicted molar refractivity (Wildman–Crippen MR) is 97.9 cm³/mol. The number of hydroxylamine groups is 3. The highest BCUT2D eigenvalue weighted by atomic mass is 16.6. The smallest absolute Gasteiger partial charge is 0.332 e. The van der Waals surface area contributed by atoms with Crippen molar-refractivity contribution >= 4 is 17.5 Å². The first-order chi connectivity index (χ1) is 12.3. The molecule has 1 spiro atoms. The molecule has 3 rings (SSSR count). The Kier molecular flexibility index (Phi) is 4.72. The van der Waals surface area contributed by atoms with Crippen molar-refractivity contribution in [3.63, 3.8) is 0 Å². The van der Waals surface area contributed by atoms with E-state index in [1.807, 2.05) is 30.3 Å². The molecule has 8 nitrogen and oxygen atoms in total. The van der Waals surface area contributed by atoms with Gasteiger partial charge in [-0.2, -0.15) is 9.84 Å². The zero-order valence-electron chi connectivity index (χ0n) is 15.1. The van der Waals surface area contributed by atoms with Gasteiger partial charge in [0.05, 0.1) is 0 Å². The van der Waals surface area contributed by atoms with E-state index in [2.05, 4.69) is 10.5 Å². The van der Waals surface area contributed by atoms with Gasteiger partial charge >= 0.3 is 6.03 Å². The Labute approximate surface area is 152 Å². The summed E-state index contributed by atoms with van der Waals surface area (Å²) in [5, 5.41) is 29.9. The van der Waals surface area contributed by atoms with Gasteiger partial charge in [-0.1, -0.05) is 24.6 Å². The van der Waals surface area contributed by atoms with Crippen LogP contribution in [0.2, 0.25) is 0 Å². The number of nitrogens with one attached hydrogen (secondary N) is 1. The number of nitrogens with two attached hydrogens (primary N) is 1. The first-order valence-electron chi connectivity index (χ1n) is 8.83. The van der Waals surface area contributed by atoms with Crippen molar-refractivity contribution in [3.05, 3.63) is 41.1 Å². The van der Waals surface area contributed by atoms with E-state index in [0.717, 1.165) is 34.6 Å². The maximum absolute atomic E-state index is 13.6. The number of rotatable bonds is 2. The highest BCUT2D eigenvalue weighted by molar-refractivity contribution is 6.07. The molecule has 26 heavy (non-hydrogen) atoms. The lowest BCUT2D eigenvalue weighted by Crippen LogP contribution is -2.59. The second-order valence-electron chi connectivity index (χ2n) is 7.29. The third-order valence-corrected chi connectivity index (χ3v) is 5.25. The van der Waals surface area contributed by atoms with Gasteiger partial charge in [0, 0.05) is 12.0 Å². The third kappa shape index (κ3) is 2.75. The van der Waals surface area contributed by atoms with Crippen LogP contribution in [-0.4, -0.2) is 43.7 Å². The third-order valence-electron chi connectivity index (χ3n) is 5.25. The van der Waals surface area contributed by atoms with Gasteiger partial charge in [0.2, 0.25) is 5.71 Å². The molecule has 4 N–H and O–H groups in total. The molecule has 0 saturated heterocycles. The highest BCUT2D eigenvalue weighted by Gasteiger charge is 2.64. The minimum Gasteiger partial charge on any atom is -0.622 e. The molecule has 0 bridgehead atoms. The number of carbonyl (C=O) groups is 1. The molecule has 1 atom stereocenters. The number of hydrogen-bond donors (Lipinski definition) is 3. The van der Waals surface area contributed by atoms with Gasteiger partial charge < -0.3 is 16.1 Å². The molecule has 1 aliphatic heterocycles. The molecule has 0 radical (unpaired) electrons. The Morgan fingerprint density at radius 3 is 2.65 bits per heavy atom. The van der Waals surface area contributed by atoms with Crippen molar-refractivity contribution in [1.29, 1.82) is 0 Å². The molecule has 1 unspecified atom stereocenters. The molecular weight excluding hydrogens is 334 g/mol. The molecule has 1 aromatic carbocycles. The van der Waals surface area contributed by atoms with Crippen LogP contribution in [0.3, 0.4) is 0 Å². The summed E-state index contributed by atoms with van der Waals surface area (Å²) in [4.78, 5) is 11.1.